The van der Waals surface area contributed by atoms with Crippen LogP contribution in [0.25, 0.3) is 11.0 Å². The lowest BCUT2D eigenvalue weighted by Crippen LogP contribution is -2.08. The van der Waals surface area contributed by atoms with Gasteiger partial charge in [-0.1, -0.05) is 18.2 Å². The first-order valence-electron chi connectivity index (χ1n) is 6.60. The van der Waals surface area contributed by atoms with Gasteiger partial charge in [-0.3, -0.25) is 0 Å². The molecular weight excluding hydrogens is 284 g/mol. The second-order valence-corrected chi connectivity index (χ2v) is 4.75. The number of furan rings is 1. The Morgan fingerprint density at radius 2 is 1.82 bits per heavy atom. The highest BCUT2D eigenvalue weighted by Gasteiger charge is 2.18. The number of carbonyl (C=O) groups is 2. The fraction of sp³-hybridized carbons (Fsp3) is 0.0588. The minimum atomic E-state index is -1.08. The number of benzene rings is 2. The SMILES string of the molecule is Cc1oc2ccc(OC(=O)c3ccccc3)cc2c1C(=O)O. The highest BCUT2D eigenvalue weighted by Crippen LogP contribution is 2.29. The van der Waals surface area contributed by atoms with Crippen molar-refractivity contribution >= 4 is 22.9 Å². The maximum Gasteiger partial charge on any atom is 0.343 e. The molecule has 0 atom stereocenters. The Morgan fingerprint density at radius 3 is 2.50 bits per heavy atom. The highest BCUT2D eigenvalue weighted by molar-refractivity contribution is 6.04. The van der Waals surface area contributed by atoms with Gasteiger partial charge in [0, 0.05) is 5.39 Å². The molecule has 0 saturated carbocycles. The Bertz CT molecular complexity index is 861. The number of hydrogen-bond acceptors (Lipinski definition) is 4. The van der Waals surface area contributed by atoms with E-state index < -0.39 is 11.9 Å². The van der Waals surface area contributed by atoms with E-state index >= 15 is 0 Å². The van der Waals surface area contributed by atoms with Crippen LogP contribution in [0.1, 0.15) is 26.5 Å². The summed E-state index contributed by atoms with van der Waals surface area (Å²) < 4.78 is 10.7. The van der Waals surface area contributed by atoms with Crippen LogP contribution in [0.4, 0.5) is 0 Å². The van der Waals surface area contributed by atoms with Gasteiger partial charge in [0.2, 0.25) is 0 Å². The molecule has 0 amide bonds. The zero-order valence-electron chi connectivity index (χ0n) is 11.7. The van der Waals surface area contributed by atoms with Crippen molar-refractivity contribution in [1.29, 1.82) is 0 Å². The molecule has 0 saturated heterocycles. The van der Waals surface area contributed by atoms with Crippen LogP contribution >= 0.6 is 0 Å². The highest BCUT2D eigenvalue weighted by atomic mass is 16.5. The minimum absolute atomic E-state index is 0.0765. The first-order chi connectivity index (χ1) is 10.6. The van der Waals surface area contributed by atoms with E-state index in [-0.39, 0.29) is 11.3 Å². The molecule has 0 unspecified atom stereocenters. The third-order valence-electron chi connectivity index (χ3n) is 3.27. The third-order valence-corrected chi connectivity index (χ3v) is 3.27. The van der Waals surface area contributed by atoms with Crippen LogP contribution in [0.2, 0.25) is 0 Å². The smallest absolute Gasteiger partial charge is 0.343 e. The lowest BCUT2D eigenvalue weighted by molar-refractivity contribution is 0.0695. The van der Waals surface area contributed by atoms with Crippen LogP contribution in [0, 0.1) is 6.92 Å². The van der Waals surface area contributed by atoms with Gasteiger partial charge < -0.3 is 14.3 Å². The number of aryl methyl sites for hydroxylation is 1. The van der Waals surface area contributed by atoms with Gasteiger partial charge in [-0.2, -0.15) is 0 Å². The van der Waals surface area contributed by atoms with Crippen LogP contribution in [0.3, 0.4) is 0 Å². The van der Waals surface area contributed by atoms with Gasteiger partial charge in [-0.05, 0) is 37.3 Å². The van der Waals surface area contributed by atoms with Gasteiger partial charge in [0.05, 0.1) is 5.56 Å². The predicted molar refractivity (Wildman–Crippen MR) is 79.3 cm³/mol. The minimum Gasteiger partial charge on any atom is -0.478 e. The summed E-state index contributed by atoms with van der Waals surface area (Å²) in [6.07, 6.45) is 0. The number of rotatable bonds is 3. The molecule has 0 spiro atoms. The van der Waals surface area contributed by atoms with E-state index in [1.165, 1.54) is 6.07 Å². The summed E-state index contributed by atoms with van der Waals surface area (Å²) >= 11 is 0. The maximum absolute atomic E-state index is 12.0. The van der Waals surface area contributed by atoms with E-state index in [2.05, 4.69) is 0 Å². The fourth-order valence-electron chi connectivity index (χ4n) is 2.27. The Balaban J connectivity index is 1.97. The molecule has 0 aliphatic rings. The second kappa shape index (κ2) is 5.37. The molecule has 0 aliphatic carbocycles. The van der Waals surface area contributed by atoms with Crippen LogP contribution in [0.15, 0.2) is 52.9 Å². The van der Waals surface area contributed by atoms with Crippen molar-refractivity contribution in [3.8, 4) is 5.75 Å². The van der Waals surface area contributed by atoms with Gasteiger partial charge >= 0.3 is 11.9 Å². The first-order valence-corrected chi connectivity index (χ1v) is 6.60. The maximum atomic E-state index is 12.0. The molecule has 0 fully saturated rings. The number of ether oxygens (including phenoxy) is 1. The number of carboxylic acids is 1. The molecule has 0 bridgehead atoms. The number of carboxylic acid groups (broad SMARTS) is 1. The monoisotopic (exact) mass is 296 g/mol. The summed E-state index contributed by atoms with van der Waals surface area (Å²) in [6.45, 7) is 1.58. The molecule has 5 heteroatoms. The average Bonchev–Trinajstić information content (AvgIpc) is 2.83. The van der Waals surface area contributed by atoms with E-state index in [1.54, 1.807) is 49.4 Å². The van der Waals surface area contributed by atoms with Gasteiger partial charge in [-0.25, -0.2) is 9.59 Å². The molecule has 1 heterocycles. The van der Waals surface area contributed by atoms with Crippen LogP contribution in [0.5, 0.6) is 5.75 Å². The number of aromatic carboxylic acids is 1. The molecule has 5 nitrogen and oxygen atoms in total. The Hall–Kier alpha value is -3.08. The van der Waals surface area contributed by atoms with Crippen molar-refractivity contribution in [1.82, 2.24) is 0 Å². The average molecular weight is 296 g/mol. The topological polar surface area (TPSA) is 76.7 Å². The lowest BCUT2D eigenvalue weighted by Gasteiger charge is -2.04. The zero-order valence-corrected chi connectivity index (χ0v) is 11.7. The Kier molecular flexibility index (Phi) is 3.39. The number of carbonyl (C=O) groups excluding carboxylic acids is 1. The standard InChI is InChI=1S/C17H12O5/c1-10-15(16(18)19)13-9-12(7-8-14(13)21-10)22-17(20)11-5-3-2-4-6-11/h2-9H,1H3,(H,18,19). The summed E-state index contributed by atoms with van der Waals surface area (Å²) in [5.41, 5.74) is 0.937. The molecular formula is C17H12O5. The normalized spacial score (nSPS) is 10.6. The van der Waals surface area contributed by atoms with Crippen molar-refractivity contribution < 1.29 is 23.8 Å². The van der Waals surface area contributed by atoms with E-state index in [0.717, 1.165) is 0 Å². The largest absolute Gasteiger partial charge is 0.478 e. The molecule has 110 valence electrons. The van der Waals surface area contributed by atoms with Crippen LogP contribution in [-0.4, -0.2) is 17.0 Å². The fourth-order valence-corrected chi connectivity index (χ4v) is 2.27. The quantitative estimate of drug-likeness (QED) is 0.589. The molecule has 0 radical (unpaired) electrons. The molecule has 0 aliphatic heterocycles. The van der Waals surface area contributed by atoms with Crippen LogP contribution < -0.4 is 4.74 Å². The molecule has 1 N–H and O–H groups in total. The first kappa shape index (κ1) is 13.9. The third kappa shape index (κ3) is 2.44. The number of fused-ring (bicyclic) bond motifs is 1. The van der Waals surface area contributed by atoms with Crippen molar-refractivity contribution in [3.05, 3.63) is 65.4 Å². The summed E-state index contributed by atoms with van der Waals surface area (Å²) in [5, 5.41) is 9.64. The molecule has 1 aromatic heterocycles. The Morgan fingerprint density at radius 1 is 1.09 bits per heavy atom. The van der Waals surface area contributed by atoms with E-state index in [4.69, 9.17) is 9.15 Å². The summed E-state index contributed by atoms with van der Waals surface area (Å²) in [4.78, 5) is 23.3. The van der Waals surface area contributed by atoms with E-state index in [9.17, 15) is 14.7 Å². The van der Waals surface area contributed by atoms with Crippen LogP contribution in [-0.2, 0) is 0 Å². The summed E-state index contributed by atoms with van der Waals surface area (Å²) in [6, 6.07) is 13.2. The lowest BCUT2D eigenvalue weighted by atomic mass is 10.1. The van der Waals surface area contributed by atoms with Gasteiger partial charge in [0.25, 0.3) is 0 Å². The molecule has 2 aromatic carbocycles. The van der Waals surface area contributed by atoms with Crippen molar-refractivity contribution in [2.24, 2.45) is 0 Å². The van der Waals surface area contributed by atoms with Crippen molar-refractivity contribution in [3.63, 3.8) is 0 Å². The predicted octanol–water partition coefficient (Wildman–Crippen LogP) is 3.66. The molecule has 3 rings (SSSR count). The molecule has 3 aromatic rings. The van der Waals surface area contributed by atoms with Gasteiger partial charge in [-0.15, -0.1) is 0 Å². The van der Waals surface area contributed by atoms with E-state index in [1.807, 2.05) is 0 Å². The van der Waals surface area contributed by atoms with Gasteiger partial charge in [0.15, 0.2) is 0 Å². The van der Waals surface area contributed by atoms with E-state index in [0.29, 0.717) is 22.3 Å². The van der Waals surface area contributed by atoms with Gasteiger partial charge in [0.1, 0.15) is 22.7 Å². The number of hydrogen-bond donors (Lipinski definition) is 1. The van der Waals surface area contributed by atoms with Crippen molar-refractivity contribution in [2.45, 2.75) is 6.92 Å². The summed E-state index contributed by atoms with van der Waals surface area (Å²) in [7, 11) is 0. The Labute approximate surface area is 125 Å². The molecule has 22 heavy (non-hydrogen) atoms. The summed E-state index contributed by atoms with van der Waals surface area (Å²) in [5.74, 6) is -1.00. The second-order valence-electron chi connectivity index (χ2n) is 4.75. The number of esters is 1. The van der Waals surface area contributed by atoms with Crippen molar-refractivity contribution in [2.75, 3.05) is 0 Å². The zero-order chi connectivity index (χ0) is 15.7.